The Bertz CT molecular complexity index is 694. The first-order valence-corrected chi connectivity index (χ1v) is 6.11. The minimum atomic E-state index is 0.223. The highest BCUT2D eigenvalue weighted by atomic mass is 15.1. The summed E-state index contributed by atoms with van der Waals surface area (Å²) in [5, 5.41) is 0. The number of pyridine rings is 1. The van der Waals surface area contributed by atoms with Crippen molar-refractivity contribution in [3.8, 4) is 11.1 Å². The zero-order valence-electron chi connectivity index (χ0n) is 9.82. The summed E-state index contributed by atoms with van der Waals surface area (Å²) < 4.78 is 2.23. The molecule has 1 aliphatic carbocycles. The lowest BCUT2D eigenvalue weighted by Gasteiger charge is -2.15. The summed E-state index contributed by atoms with van der Waals surface area (Å²) in [6.45, 7) is 0. The smallest absolute Gasteiger partial charge is 0.133 e. The molecule has 2 heteroatoms. The molecule has 4 rings (SSSR count). The second-order valence-corrected chi connectivity index (χ2v) is 4.61. The minimum Gasteiger partial charge on any atom is -0.320 e. The first-order chi connectivity index (χ1) is 8.92. The number of fused-ring (bicyclic) bond motifs is 2. The van der Waals surface area contributed by atoms with E-state index in [2.05, 4.69) is 64.3 Å². The molecule has 1 aromatic carbocycles. The molecule has 0 saturated carbocycles. The molecule has 0 unspecified atom stereocenters. The van der Waals surface area contributed by atoms with Crippen LogP contribution in [-0.4, -0.2) is 10.8 Å². The van der Waals surface area contributed by atoms with Gasteiger partial charge >= 0.3 is 0 Å². The Morgan fingerprint density at radius 2 is 1.72 bits per heavy atom. The normalized spacial score (nSPS) is 17.2. The molecule has 2 aliphatic heterocycles. The Hall–Kier alpha value is -2.35. The van der Waals surface area contributed by atoms with Crippen molar-refractivity contribution in [2.45, 2.75) is 6.04 Å². The molecule has 0 saturated heterocycles. The maximum atomic E-state index is 4.52. The van der Waals surface area contributed by atoms with Gasteiger partial charge in [-0.2, -0.15) is 0 Å². The van der Waals surface area contributed by atoms with Gasteiger partial charge in [-0.05, 0) is 22.8 Å². The van der Waals surface area contributed by atoms with Gasteiger partial charge < -0.3 is 4.57 Å². The quantitative estimate of drug-likeness (QED) is 0.605. The zero-order valence-corrected chi connectivity index (χ0v) is 9.82. The number of aromatic nitrogens is 1. The highest BCUT2D eigenvalue weighted by molar-refractivity contribution is 5.79. The lowest BCUT2D eigenvalue weighted by atomic mass is 10.1. The third kappa shape index (κ3) is 1.32. The average Bonchev–Trinajstić information content (AvgIpc) is 3.02. The fraction of sp³-hybridized carbons (Fsp3) is 0.0625. The molecule has 18 heavy (non-hydrogen) atoms. The van der Waals surface area contributed by atoms with E-state index in [9.17, 15) is 0 Å². The van der Waals surface area contributed by atoms with E-state index in [1.165, 1.54) is 16.7 Å². The second-order valence-electron chi connectivity index (χ2n) is 4.61. The van der Waals surface area contributed by atoms with E-state index in [0.29, 0.717) is 0 Å². The van der Waals surface area contributed by atoms with Gasteiger partial charge in [0.05, 0.1) is 6.04 Å². The summed E-state index contributed by atoms with van der Waals surface area (Å²) in [6.07, 6.45) is 4.21. The summed E-state index contributed by atoms with van der Waals surface area (Å²) in [7, 11) is 0. The number of hydrogen-bond acceptors (Lipinski definition) is 1. The molecule has 0 fully saturated rings. The third-order valence-electron chi connectivity index (χ3n) is 3.50. The van der Waals surface area contributed by atoms with Crippen molar-refractivity contribution < 1.29 is 0 Å². The van der Waals surface area contributed by atoms with Crippen LogP contribution in [0.3, 0.4) is 0 Å². The van der Waals surface area contributed by atoms with Crippen LogP contribution in [0.25, 0.3) is 11.1 Å². The van der Waals surface area contributed by atoms with E-state index in [4.69, 9.17) is 0 Å². The lowest BCUT2D eigenvalue weighted by molar-refractivity contribution is 0.772. The number of rotatable bonds is 1. The van der Waals surface area contributed by atoms with Crippen LogP contribution in [0.1, 0.15) is 11.6 Å². The Balaban J connectivity index is 1.90. The molecule has 0 bridgehead atoms. The van der Waals surface area contributed by atoms with E-state index >= 15 is 0 Å². The average molecular weight is 232 g/mol. The van der Waals surface area contributed by atoms with Gasteiger partial charge in [0.1, 0.15) is 5.82 Å². The standard InChI is InChI=1S/C16H12N2/c1-2-5-12(6-3-1)15-10-17-16-9-13-7-4-8-14(13)11-18(15)16/h1-11,15H/t15-/m0/s1. The first kappa shape index (κ1) is 9.66. The molecule has 2 nitrogen and oxygen atoms in total. The van der Waals surface area contributed by atoms with Crippen LogP contribution in [0.15, 0.2) is 65.8 Å². The van der Waals surface area contributed by atoms with Crippen LogP contribution in [-0.2, 0) is 0 Å². The van der Waals surface area contributed by atoms with Gasteiger partial charge in [0.25, 0.3) is 0 Å². The Labute approximate surface area is 106 Å². The summed E-state index contributed by atoms with van der Waals surface area (Å²) >= 11 is 0. The van der Waals surface area contributed by atoms with Crippen molar-refractivity contribution in [2.24, 2.45) is 4.99 Å². The van der Waals surface area contributed by atoms with Crippen LogP contribution in [0, 0.1) is 0 Å². The van der Waals surface area contributed by atoms with Crippen LogP contribution >= 0.6 is 0 Å². The predicted molar refractivity (Wildman–Crippen MR) is 73.8 cm³/mol. The van der Waals surface area contributed by atoms with Gasteiger partial charge in [0.15, 0.2) is 0 Å². The maximum absolute atomic E-state index is 4.52. The highest BCUT2D eigenvalue weighted by Crippen LogP contribution is 2.35. The molecule has 86 valence electrons. The van der Waals surface area contributed by atoms with Gasteiger partial charge in [0, 0.05) is 12.4 Å². The summed E-state index contributed by atoms with van der Waals surface area (Å²) in [4.78, 5) is 4.52. The van der Waals surface area contributed by atoms with Crippen LogP contribution in [0.4, 0.5) is 5.82 Å². The van der Waals surface area contributed by atoms with Gasteiger partial charge in [-0.15, -0.1) is 0 Å². The topological polar surface area (TPSA) is 17.3 Å². The van der Waals surface area contributed by atoms with Crippen molar-refractivity contribution in [3.05, 3.63) is 66.4 Å². The molecule has 0 amide bonds. The van der Waals surface area contributed by atoms with Crippen LogP contribution in [0.2, 0.25) is 0 Å². The molecule has 2 heterocycles. The molecule has 0 aromatic heterocycles. The predicted octanol–water partition coefficient (Wildman–Crippen LogP) is 3.90. The Morgan fingerprint density at radius 3 is 2.61 bits per heavy atom. The molecule has 0 N–H and O–H groups in total. The summed E-state index contributed by atoms with van der Waals surface area (Å²) in [5.74, 6) is 1.03. The monoisotopic (exact) mass is 232 g/mol. The largest absolute Gasteiger partial charge is 0.320 e. The molecular weight excluding hydrogens is 220 g/mol. The van der Waals surface area contributed by atoms with E-state index in [1.54, 1.807) is 0 Å². The van der Waals surface area contributed by atoms with Crippen molar-refractivity contribution in [1.82, 2.24) is 4.57 Å². The molecule has 3 aliphatic rings. The molecule has 0 spiro atoms. The summed E-state index contributed by atoms with van der Waals surface area (Å²) in [6, 6.07) is 19.2. The number of nitrogens with zero attached hydrogens (tertiary/aromatic N) is 2. The number of benzene rings is 1. The van der Waals surface area contributed by atoms with E-state index in [1.807, 2.05) is 12.3 Å². The second kappa shape index (κ2) is 3.57. The van der Waals surface area contributed by atoms with E-state index in [-0.39, 0.29) is 6.04 Å². The lowest BCUT2D eigenvalue weighted by Crippen LogP contribution is -2.07. The maximum Gasteiger partial charge on any atom is 0.133 e. The molecule has 1 atom stereocenters. The number of hydrogen-bond donors (Lipinski definition) is 0. The summed E-state index contributed by atoms with van der Waals surface area (Å²) in [5.41, 5.74) is 3.80. The third-order valence-corrected chi connectivity index (χ3v) is 3.50. The molecular formula is C16H12N2. The number of aliphatic imine (C=N–C) groups is 1. The van der Waals surface area contributed by atoms with Crippen molar-refractivity contribution in [3.63, 3.8) is 0 Å². The van der Waals surface area contributed by atoms with Crippen molar-refractivity contribution in [1.29, 1.82) is 0 Å². The van der Waals surface area contributed by atoms with Gasteiger partial charge in [-0.25, -0.2) is 4.99 Å². The van der Waals surface area contributed by atoms with Crippen molar-refractivity contribution in [2.75, 3.05) is 0 Å². The zero-order chi connectivity index (χ0) is 11.9. The molecule has 0 radical (unpaired) electrons. The van der Waals surface area contributed by atoms with Crippen LogP contribution in [0.5, 0.6) is 0 Å². The van der Waals surface area contributed by atoms with Gasteiger partial charge in [0.2, 0.25) is 0 Å². The van der Waals surface area contributed by atoms with Crippen LogP contribution < -0.4 is 0 Å². The van der Waals surface area contributed by atoms with Crippen molar-refractivity contribution >= 4 is 12.0 Å². The van der Waals surface area contributed by atoms with E-state index in [0.717, 1.165) is 5.82 Å². The fourth-order valence-electron chi connectivity index (χ4n) is 2.57. The Kier molecular flexibility index (Phi) is 1.92. The Morgan fingerprint density at radius 1 is 0.889 bits per heavy atom. The SMILES string of the molecule is C1=Nc2cc3cccc-3cn2[C@@H]1c1ccccc1. The minimum absolute atomic E-state index is 0.223. The first-order valence-electron chi connectivity index (χ1n) is 6.11. The highest BCUT2D eigenvalue weighted by Gasteiger charge is 2.20. The van der Waals surface area contributed by atoms with E-state index < -0.39 is 0 Å². The molecule has 1 aromatic rings. The fourth-order valence-corrected chi connectivity index (χ4v) is 2.57. The van der Waals surface area contributed by atoms with Gasteiger partial charge in [-0.3, -0.25) is 0 Å². The van der Waals surface area contributed by atoms with Gasteiger partial charge in [-0.1, -0.05) is 48.5 Å².